The second-order valence-corrected chi connectivity index (χ2v) is 8.30. The van der Waals surface area contributed by atoms with Gasteiger partial charge in [-0.25, -0.2) is 0 Å². The Balaban J connectivity index is 1.42. The van der Waals surface area contributed by atoms with Crippen molar-refractivity contribution in [3.63, 3.8) is 0 Å². The Morgan fingerprint density at radius 2 is 1.79 bits per heavy atom. The molecular formula is C23H32N2O4. The number of carbonyl (C=O) groups excluding carboxylic acids is 3. The molecule has 2 amide bonds. The molecule has 1 aliphatic heterocycles. The number of hydrogen-bond donors (Lipinski definition) is 1. The quantitative estimate of drug-likeness (QED) is 0.584. The summed E-state index contributed by atoms with van der Waals surface area (Å²) in [6, 6.07) is 6.85. The van der Waals surface area contributed by atoms with E-state index in [0.717, 1.165) is 25.2 Å². The van der Waals surface area contributed by atoms with Crippen LogP contribution in [-0.2, 0) is 9.59 Å². The van der Waals surface area contributed by atoms with Gasteiger partial charge in [-0.15, -0.1) is 0 Å². The highest BCUT2D eigenvalue weighted by Crippen LogP contribution is 2.27. The standard InChI is InChI=1S/C23H32N2O4/c1-17(26)29-21-9-5-8-19(16-21)23(28)25-14-12-20(13-15-25)24-22(27)11-10-18-6-3-2-4-7-18/h5,8-9,16,18,20H,2-4,6-7,10-15H2,1H3,(H,24,27). The van der Waals surface area contributed by atoms with Gasteiger partial charge in [0, 0.05) is 38.0 Å². The lowest BCUT2D eigenvalue weighted by molar-refractivity contribution is -0.132. The first-order chi connectivity index (χ1) is 14.0. The molecule has 1 aromatic carbocycles. The molecule has 0 unspecified atom stereocenters. The van der Waals surface area contributed by atoms with Crippen LogP contribution in [0.5, 0.6) is 5.75 Å². The molecule has 2 fully saturated rings. The molecule has 0 spiro atoms. The van der Waals surface area contributed by atoms with Gasteiger partial charge in [-0.2, -0.15) is 0 Å². The van der Waals surface area contributed by atoms with Crippen LogP contribution in [0.1, 0.15) is 75.1 Å². The van der Waals surface area contributed by atoms with Crippen LogP contribution in [0.4, 0.5) is 0 Å². The molecule has 3 rings (SSSR count). The summed E-state index contributed by atoms with van der Waals surface area (Å²) in [5, 5.41) is 3.15. The summed E-state index contributed by atoms with van der Waals surface area (Å²) in [4.78, 5) is 37.9. The highest BCUT2D eigenvalue weighted by molar-refractivity contribution is 5.94. The third-order valence-corrected chi connectivity index (χ3v) is 5.99. The summed E-state index contributed by atoms with van der Waals surface area (Å²) in [6.45, 7) is 2.57. The van der Waals surface area contributed by atoms with E-state index in [4.69, 9.17) is 4.74 Å². The van der Waals surface area contributed by atoms with E-state index in [2.05, 4.69) is 5.32 Å². The van der Waals surface area contributed by atoms with Gasteiger partial charge >= 0.3 is 5.97 Å². The molecule has 158 valence electrons. The van der Waals surface area contributed by atoms with Crippen molar-refractivity contribution in [2.45, 2.75) is 70.8 Å². The first-order valence-corrected chi connectivity index (χ1v) is 10.9. The van der Waals surface area contributed by atoms with Crippen molar-refractivity contribution in [3.8, 4) is 5.75 Å². The summed E-state index contributed by atoms with van der Waals surface area (Å²) < 4.78 is 5.06. The minimum Gasteiger partial charge on any atom is -0.427 e. The molecule has 1 N–H and O–H groups in total. The summed E-state index contributed by atoms with van der Waals surface area (Å²) in [5.41, 5.74) is 0.513. The van der Waals surface area contributed by atoms with Gasteiger partial charge in [0.15, 0.2) is 0 Å². The average Bonchev–Trinajstić information content (AvgIpc) is 2.73. The number of hydrogen-bond acceptors (Lipinski definition) is 4. The van der Waals surface area contributed by atoms with E-state index in [1.165, 1.54) is 39.0 Å². The van der Waals surface area contributed by atoms with Crippen LogP contribution in [0.2, 0.25) is 0 Å². The van der Waals surface area contributed by atoms with E-state index in [9.17, 15) is 14.4 Å². The maximum atomic E-state index is 12.7. The highest BCUT2D eigenvalue weighted by Gasteiger charge is 2.25. The van der Waals surface area contributed by atoms with Crippen LogP contribution in [0.3, 0.4) is 0 Å². The van der Waals surface area contributed by atoms with Crippen LogP contribution in [0.25, 0.3) is 0 Å². The molecule has 1 heterocycles. The summed E-state index contributed by atoms with van der Waals surface area (Å²) >= 11 is 0. The van der Waals surface area contributed by atoms with Gasteiger partial charge in [-0.05, 0) is 43.4 Å². The Morgan fingerprint density at radius 3 is 2.48 bits per heavy atom. The maximum Gasteiger partial charge on any atom is 0.308 e. The van der Waals surface area contributed by atoms with Gasteiger partial charge in [0.1, 0.15) is 5.75 Å². The Hall–Kier alpha value is -2.37. The van der Waals surface area contributed by atoms with Gasteiger partial charge in [0.2, 0.25) is 5.91 Å². The molecule has 0 bridgehead atoms. The summed E-state index contributed by atoms with van der Waals surface area (Å²) in [6.07, 6.45) is 9.65. The van der Waals surface area contributed by atoms with Gasteiger partial charge < -0.3 is 15.0 Å². The molecule has 1 saturated carbocycles. The predicted molar refractivity (Wildman–Crippen MR) is 111 cm³/mol. The number of ether oxygens (including phenoxy) is 1. The van der Waals surface area contributed by atoms with E-state index >= 15 is 0 Å². The molecule has 0 radical (unpaired) electrons. The number of benzene rings is 1. The van der Waals surface area contributed by atoms with Gasteiger partial charge in [0.05, 0.1) is 0 Å². The number of nitrogens with one attached hydrogen (secondary N) is 1. The lowest BCUT2D eigenvalue weighted by atomic mass is 9.86. The molecule has 0 aromatic heterocycles. The Kier molecular flexibility index (Phi) is 7.67. The fourth-order valence-corrected chi connectivity index (χ4v) is 4.38. The Morgan fingerprint density at radius 1 is 1.07 bits per heavy atom. The minimum absolute atomic E-state index is 0.0684. The minimum atomic E-state index is -0.408. The molecule has 6 heteroatoms. The Labute approximate surface area is 173 Å². The average molecular weight is 401 g/mol. The number of rotatable bonds is 6. The first-order valence-electron chi connectivity index (χ1n) is 10.9. The lowest BCUT2D eigenvalue weighted by Gasteiger charge is -2.32. The van der Waals surface area contributed by atoms with Crippen molar-refractivity contribution in [2.24, 2.45) is 5.92 Å². The van der Waals surface area contributed by atoms with Crippen LogP contribution in [0.15, 0.2) is 24.3 Å². The van der Waals surface area contributed by atoms with Crippen molar-refractivity contribution >= 4 is 17.8 Å². The number of nitrogens with zero attached hydrogens (tertiary/aromatic N) is 1. The number of esters is 1. The summed E-state index contributed by atoms with van der Waals surface area (Å²) in [7, 11) is 0. The van der Waals surface area contributed by atoms with Crippen molar-refractivity contribution < 1.29 is 19.1 Å². The molecule has 29 heavy (non-hydrogen) atoms. The van der Waals surface area contributed by atoms with E-state index in [-0.39, 0.29) is 17.9 Å². The number of likely N-dealkylation sites (tertiary alicyclic amines) is 1. The summed E-state index contributed by atoms with van der Waals surface area (Å²) in [5.74, 6) is 0.769. The van der Waals surface area contributed by atoms with Gasteiger partial charge in [0.25, 0.3) is 5.91 Å². The van der Waals surface area contributed by atoms with Crippen LogP contribution < -0.4 is 10.1 Å². The zero-order valence-electron chi connectivity index (χ0n) is 17.3. The third kappa shape index (κ3) is 6.58. The smallest absolute Gasteiger partial charge is 0.308 e. The molecule has 1 saturated heterocycles. The third-order valence-electron chi connectivity index (χ3n) is 5.99. The molecular weight excluding hydrogens is 368 g/mol. The van der Waals surface area contributed by atoms with E-state index < -0.39 is 5.97 Å². The van der Waals surface area contributed by atoms with Crippen molar-refractivity contribution in [2.75, 3.05) is 13.1 Å². The van der Waals surface area contributed by atoms with Gasteiger partial charge in [-0.1, -0.05) is 38.2 Å². The fourth-order valence-electron chi connectivity index (χ4n) is 4.38. The lowest BCUT2D eigenvalue weighted by Crippen LogP contribution is -2.46. The first kappa shape index (κ1) is 21.3. The zero-order valence-corrected chi connectivity index (χ0v) is 17.3. The maximum absolute atomic E-state index is 12.7. The highest BCUT2D eigenvalue weighted by atomic mass is 16.5. The fraction of sp³-hybridized carbons (Fsp3) is 0.609. The number of piperidine rings is 1. The van der Waals surface area contributed by atoms with Crippen molar-refractivity contribution in [3.05, 3.63) is 29.8 Å². The number of carbonyl (C=O) groups is 3. The van der Waals surface area contributed by atoms with Crippen LogP contribution >= 0.6 is 0 Å². The molecule has 1 aromatic rings. The second-order valence-electron chi connectivity index (χ2n) is 8.30. The van der Waals surface area contributed by atoms with E-state index in [1.54, 1.807) is 29.2 Å². The zero-order chi connectivity index (χ0) is 20.6. The molecule has 1 aliphatic carbocycles. The van der Waals surface area contributed by atoms with Crippen molar-refractivity contribution in [1.29, 1.82) is 0 Å². The molecule has 0 atom stereocenters. The topological polar surface area (TPSA) is 75.7 Å². The van der Waals surface area contributed by atoms with Crippen molar-refractivity contribution in [1.82, 2.24) is 10.2 Å². The monoisotopic (exact) mass is 400 g/mol. The molecule has 6 nitrogen and oxygen atoms in total. The second kappa shape index (κ2) is 10.4. The molecule has 2 aliphatic rings. The SMILES string of the molecule is CC(=O)Oc1cccc(C(=O)N2CCC(NC(=O)CCC3CCCCC3)CC2)c1. The van der Waals surface area contributed by atoms with Crippen LogP contribution in [0, 0.1) is 5.92 Å². The predicted octanol–water partition coefficient (Wildman–Crippen LogP) is 3.69. The van der Waals surface area contributed by atoms with E-state index in [0.29, 0.717) is 30.8 Å². The normalized spacial score (nSPS) is 18.3. The van der Waals surface area contributed by atoms with E-state index in [1.807, 2.05) is 0 Å². The van der Waals surface area contributed by atoms with Crippen LogP contribution in [-0.4, -0.2) is 41.8 Å². The Bertz CT molecular complexity index is 719. The van der Waals surface area contributed by atoms with Gasteiger partial charge in [-0.3, -0.25) is 14.4 Å². The largest absolute Gasteiger partial charge is 0.427 e. The number of amides is 2.